The molecule has 0 aliphatic rings. The van der Waals surface area contributed by atoms with E-state index in [4.69, 9.17) is 32.3 Å². The molecule has 0 fully saturated rings. The Labute approximate surface area is 651 Å². The van der Waals surface area contributed by atoms with Crippen molar-refractivity contribution in [1.29, 1.82) is 0 Å². The number of phosphoric ester groups is 2. The maximum atomic E-state index is 13.0. The molecule has 0 aromatic carbocycles. The predicted octanol–water partition coefficient (Wildman–Crippen LogP) is 25.2. The lowest BCUT2D eigenvalue weighted by Gasteiger charge is -2.21. The maximum Gasteiger partial charge on any atom is 0.472 e. The molecule has 0 radical (unpaired) electrons. The van der Waals surface area contributed by atoms with Crippen LogP contribution in [0.2, 0.25) is 0 Å². The summed E-state index contributed by atoms with van der Waals surface area (Å²) in [5, 5.41) is 20.7. The van der Waals surface area contributed by atoms with Crippen LogP contribution in [0.1, 0.15) is 342 Å². The largest absolute Gasteiger partial charge is 0.472 e. The monoisotopic (exact) mass is 1540 g/mol. The number of aliphatic hydroxyl groups excluding tert-OH is 2. The van der Waals surface area contributed by atoms with Gasteiger partial charge in [0, 0.05) is 19.3 Å². The Morgan fingerprint density at radius 1 is 0.271 bits per heavy atom. The molecule has 614 valence electrons. The molecule has 5 atom stereocenters. The molecule has 0 heterocycles. The van der Waals surface area contributed by atoms with E-state index in [0.717, 1.165) is 161 Å². The lowest BCUT2D eigenvalue weighted by molar-refractivity contribution is -0.161. The van der Waals surface area contributed by atoms with Gasteiger partial charge in [0.2, 0.25) is 0 Å². The van der Waals surface area contributed by atoms with Gasteiger partial charge in [0.25, 0.3) is 0 Å². The quantitative estimate of drug-likeness (QED) is 0.0146. The SMILES string of the molecule is CC/C=C\C/C=C\C/C=C\C/C=C\C/C=C\CCCCCCCCCCCCCCCCCCCCCC(=O)OCC(O)COP(=O)(O)OCC(O)COP(=O)(O)OCC(COC(=O)CCCCCCC/C=C\C/C=C\C/C=C\C/C=C\C/C=C\CC)OC(=O)CCCCCCC/C=C\C/C=C\CCCCC. The van der Waals surface area contributed by atoms with Gasteiger partial charge in [-0.25, -0.2) is 9.13 Å². The molecule has 0 aromatic rings. The first-order valence-corrected chi connectivity index (χ1v) is 45.1. The van der Waals surface area contributed by atoms with Gasteiger partial charge < -0.3 is 34.2 Å². The lowest BCUT2D eigenvalue weighted by atomic mass is 10.0. The van der Waals surface area contributed by atoms with Crippen molar-refractivity contribution in [2.45, 2.75) is 360 Å². The number of allylic oxidation sites excluding steroid dienone is 24. The second kappa shape index (κ2) is 80.9. The van der Waals surface area contributed by atoms with E-state index in [2.05, 4.69) is 167 Å². The van der Waals surface area contributed by atoms with Crippen molar-refractivity contribution in [3.63, 3.8) is 0 Å². The van der Waals surface area contributed by atoms with Crippen LogP contribution in [0.25, 0.3) is 0 Å². The number of phosphoric acid groups is 2. The summed E-state index contributed by atoms with van der Waals surface area (Å²) in [6, 6.07) is 0. The fourth-order valence-electron chi connectivity index (χ4n) is 11.2. The minimum Gasteiger partial charge on any atom is -0.463 e. The summed E-state index contributed by atoms with van der Waals surface area (Å²) in [5.74, 6) is -1.61. The van der Waals surface area contributed by atoms with Gasteiger partial charge in [-0.15, -0.1) is 0 Å². The highest BCUT2D eigenvalue weighted by molar-refractivity contribution is 7.47. The van der Waals surface area contributed by atoms with Crippen LogP contribution >= 0.6 is 15.6 Å². The molecule has 0 aliphatic carbocycles. The van der Waals surface area contributed by atoms with Crippen molar-refractivity contribution in [2.75, 3.05) is 39.6 Å². The molecule has 0 spiro atoms. The van der Waals surface area contributed by atoms with Gasteiger partial charge in [-0.3, -0.25) is 32.5 Å². The van der Waals surface area contributed by atoms with Crippen molar-refractivity contribution in [2.24, 2.45) is 0 Å². The summed E-state index contributed by atoms with van der Waals surface area (Å²) in [6.07, 6.45) is 101. The summed E-state index contributed by atoms with van der Waals surface area (Å²) >= 11 is 0. The molecule has 18 heteroatoms. The second-order valence-electron chi connectivity index (χ2n) is 27.9. The molecule has 0 bridgehead atoms. The number of rotatable bonds is 79. The van der Waals surface area contributed by atoms with Crippen LogP contribution in [0.15, 0.2) is 146 Å². The summed E-state index contributed by atoms with van der Waals surface area (Å²) < 4.78 is 61.2. The fraction of sp³-hybridized carbons (Fsp3) is 0.697. The normalized spacial score (nSPS) is 14.6. The first-order valence-electron chi connectivity index (χ1n) is 42.1. The van der Waals surface area contributed by atoms with Crippen molar-refractivity contribution < 1.29 is 75.8 Å². The summed E-state index contributed by atoms with van der Waals surface area (Å²) in [5.41, 5.74) is 0. The molecule has 0 saturated carbocycles. The number of hydrogen-bond donors (Lipinski definition) is 4. The zero-order valence-corrected chi connectivity index (χ0v) is 69.1. The van der Waals surface area contributed by atoms with Crippen LogP contribution in [0.3, 0.4) is 0 Å². The molecular formula is C89H152O16P2. The van der Waals surface area contributed by atoms with Crippen LogP contribution in [-0.2, 0) is 55.8 Å². The third-order valence-electron chi connectivity index (χ3n) is 17.5. The van der Waals surface area contributed by atoms with Crippen LogP contribution < -0.4 is 0 Å². The third-order valence-corrected chi connectivity index (χ3v) is 19.4. The molecule has 0 rings (SSSR count). The smallest absolute Gasteiger partial charge is 0.463 e. The number of hydrogen-bond acceptors (Lipinski definition) is 14. The van der Waals surface area contributed by atoms with Crippen molar-refractivity contribution >= 4 is 33.6 Å². The number of esters is 3. The van der Waals surface area contributed by atoms with Gasteiger partial charge in [0.1, 0.15) is 25.4 Å². The van der Waals surface area contributed by atoms with Gasteiger partial charge in [-0.2, -0.15) is 0 Å². The molecule has 0 aliphatic heterocycles. The Morgan fingerprint density at radius 2 is 0.495 bits per heavy atom. The van der Waals surface area contributed by atoms with Gasteiger partial charge >= 0.3 is 33.6 Å². The van der Waals surface area contributed by atoms with Crippen molar-refractivity contribution in [3.05, 3.63) is 146 Å². The van der Waals surface area contributed by atoms with E-state index in [1.54, 1.807) is 0 Å². The highest BCUT2D eigenvalue weighted by atomic mass is 31.2. The zero-order valence-electron chi connectivity index (χ0n) is 67.3. The average Bonchev–Trinajstić information content (AvgIpc) is 0.906. The molecule has 4 N–H and O–H groups in total. The van der Waals surface area contributed by atoms with Crippen LogP contribution in [0, 0.1) is 0 Å². The number of carbonyl (C=O) groups is 3. The molecule has 0 aromatic heterocycles. The Kier molecular flexibility index (Phi) is 77.5. The molecular weight excluding hydrogens is 1390 g/mol. The second-order valence-corrected chi connectivity index (χ2v) is 30.8. The van der Waals surface area contributed by atoms with Crippen molar-refractivity contribution in [1.82, 2.24) is 0 Å². The summed E-state index contributed by atoms with van der Waals surface area (Å²) in [6.45, 7) is 2.41. The van der Waals surface area contributed by atoms with Crippen LogP contribution in [0.5, 0.6) is 0 Å². The minimum absolute atomic E-state index is 0.0812. The number of aliphatic hydroxyl groups is 2. The summed E-state index contributed by atoms with van der Waals surface area (Å²) in [4.78, 5) is 58.7. The molecule has 0 saturated heterocycles. The van der Waals surface area contributed by atoms with Crippen molar-refractivity contribution in [3.8, 4) is 0 Å². The highest BCUT2D eigenvalue weighted by Gasteiger charge is 2.29. The number of ether oxygens (including phenoxy) is 3. The highest BCUT2D eigenvalue weighted by Crippen LogP contribution is 2.45. The van der Waals surface area contributed by atoms with E-state index in [-0.39, 0.29) is 19.3 Å². The summed E-state index contributed by atoms with van der Waals surface area (Å²) in [7, 11) is -9.80. The molecule has 16 nitrogen and oxygen atoms in total. The van der Waals surface area contributed by atoms with Gasteiger partial charge in [0.15, 0.2) is 6.10 Å². The van der Waals surface area contributed by atoms with E-state index in [0.29, 0.717) is 19.3 Å². The first kappa shape index (κ1) is 102. The van der Waals surface area contributed by atoms with Gasteiger partial charge in [0.05, 0.1) is 26.4 Å². The van der Waals surface area contributed by atoms with E-state index in [9.17, 15) is 43.5 Å². The molecule has 5 unspecified atom stereocenters. The Balaban J connectivity index is 4.43. The van der Waals surface area contributed by atoms with Crippen LogP contribution in [0.4, 0.5) is 0 Å². The Morgan fingerprint density at radius 3 is 0.785 bits per heavy atom. The van der Waals surface area contributed by atoms with E-state index >= 15 is 0 Å². The first-order chi connectivity index (χ1) is 52.2. The van der Waals surface area contributed by atoms with Crippen LogP contribution in [-0.4, -0.2) is 95.9 Å². The molecule has 0 amide bonds. The third kappa shape index (κ3) is 82.2. The lowest BCUT2D eigenvalue weighted by Crippen LogP contribution is -2.30. The van der Waals surface area contributed by atoms with E-state index in [1.807, 2.05) is 0 Å². The standard InChI is InChI=1S/C89H152O16P2/c1-4-7-10-13-16-19-22-25-28-30-32-34-35-36-37-38-39-40-41-42-43-44-45-46-47-49-51-52-55-57-60-63-66-69-72-75-87(92)99-78-84(90)79-101-106(95,96)102-80-85(91)81-103-107(97,98)104-83-86(105-89(94)77-74-71-68-65-62-59-54-27-24-21-18-15-12-9-6-3)82-100-88(93)76-73-70-67-64-61-58-56-53-50-48-33-31-29-26-23-20-17-14-11-8-5-2/h7-8,10-11,16-21,25-29,32-34,36-37,48,53-54,56,84-86,90-91H,4-6,9,12-15,22-24,30-31,35,38-47,49-52,55,57-83H2,1-3H3,(H,95,96)(H,97,98)/b10-7-,11-8-,19-16-,20-17-,21-18-,28-25-,29-26-,34-32-,37-36-,48-33-,54-27-,56-53-. The predicted molar refractivity (Wildman–Crippen MR) is 445 cm³/mol. The zero-order chi connectivity index (χ0) is 78.0. The fourth-order valence-corrected chi connectivity index (χ4v) is 12.8. The topological polar surface area (TPSA) is 231 Å². The number of unbranched alkanes of at least 4 members (excludes halogenated alkanes) is 32. The maximum absolute atomic E-state index is 13.0. The Hall–Kier alpha value is -4.57. The molecule has 107 heavy (non-hydrogen) atoms. The van der Waals surface area contributed by atoms with E-state index in [1.165, 1.54) is 122 Å². The van der Waals surface area contributed by atoms with Gasteiger partial charge in [-0.05, 0) is 141 Å². The minimum atomic E-state index is -4.94. The van der Waals surface area contributed by atoms with Gasteiger partial charge in [-0.1, -0.05) is 327 Å². The Bertz CT molecular complexity index is 2530. The average molecular weight is 1540 g/mol. The number of carbonyl (C=O) groups excluding carboxylic acids is 3. The van der Waals surface area contributed by atoms with E-state index < -0.39 is 91.5 Å².